The van der Waals surface area contributed by atoms with Crippen LogP contribution < -0.4 is 10.6 Å². The Balaban J connectivity index is 1.72. The van der Waals surface area contributed by atoms with Gasteiger partial charge in [0, 0.05) is 25.4 Å². The van der Waals surface area contributed by atoms with E-state index in [9.17, 15) is 9.59 Å². The lowest BCUT2D eigenvalue weighted by Crippen LogP contribution is -2.32. The summed E-state index contributed by atoms with van der Waals surface area (Å²) < 4.78 is 26.6. The molecule has 0 aromatic rings. The van der Waals surface area contributed by atoms with Gasteiger partial charge in [-0.3, -0.25) is 4.79 Å². The standard InChI is InChI=1S/C22H40N2O7/c1-18-15-19(18)16-31-21(26)23-6-8-28-10-12-30-14-13-29-11-9-27-7-5-20(25)24-17-22(2,3)4/h15,19H,5-14,16-17H2,1-4H3,(H,23,26)(H,24,25). The van der Waals surface area contributed by atoms with Gasteiger partial charge in [0.1, 0.15) is 6.61 Å². The molecule has 180 valence electrons. The number of ether oxygens (including phenoxy) is 5. The van der Waals surface area contributed by atoms with Crippen molar-refractivity contribution in [3.63, 3.8) is 0 Å². The molecule has 9 nitrogen and oxygen atoms in total. The quantitative estimate of drug-likeness (QED) is 0.246. The fraction of sp³-hybridized carbons (Fsp3) is 0.818. The second kappa shape index (κ2) is 16.0. The number of carbonyl (C=O) groups is 2. The van der Waals surface area contributed by atoms with E-state index >= 15 is 0 Å². The van der Waals surface area contributed by atoms with Crippen molar-refractivity contribution in [2.24, 2.45) is 11.3 Å². The average molecular weight is 445 g/mol. The van der Waals surface area contributed by atoms with Gasteiger partial charge in [-0.25, -0.2) is 4.79 Å². The van der Waals surface area contributed by atoms with E-state index in [4.69, 9.17) is 23.7 Å². The summed E-state index contributed by atoms with van der Waals surface area (Å²) >= 11 is 0. The van der Waals surface area contributed by atoms with Crippen LogP contribution in [0.25, 0.3) is 0 Å². The van der Waals surface area contributed by atoms with Crippen LogP contribution in [0.5, 0.6) is 0 Å². The molecule has 9 heteroatoms. The molecule has 1 atom stereocenters. The van der Waals surface area contributed by atoms with Crippen LogP contribution in [0.1, 0.15) is 34.1 Å². The Morgan fingerprint density at radius 1 is 0.871 bits per heavy atom. The lowest BCUT2D eigenvalue weighted by molar-refractivity contribution is -0.122. The van der Waals surface area contributed by atoms with Crippen molar-refractivity contribution in [3.8, 4) is 0 Å². The number of hydrogen-bond donors (Lipinski definition) is 2. The Morgan fingerprint density at radius 3 is 1.90 bits per heavy atom. The molecule has 1 aliphatic carbocycles. The molecule has 0 spiro atoms. The van der Waals surface area contributed by atoms with Gasteiger partial charge in [-0.2, -0.15) is 0 Å². The molecule has 0 bridgehead atoms. The van der Waals surface area contributed by atoms with Crippen molar-refractivity contribution < 1.29 is 33.3 Å². The first-order chi connectivity index (χ1) is 14.8. The predicted octanol–water partition coefficient (Wildman–Crippen LogP) is 1.91. The average Bonchev–Trinajstić information content (AvgIpc) is 3.42. The molecule has 2 amide bonds. The number of nitrogens with one attached hydrogen (secondary N) is 2. The Bertz CT molecular complexity index is 546. The van der Waals surface area contributed by atoms with Crippen molar-refractivity contribution in [2.45, 2.75) is 34.1 Å². The van der Waals surface area contributed by atoms with Gasteiger partial charge in [-0.15, -0.1) is 0 Å². The topological polar surface area (TPSA) is 104 Å². The molecule has 0 radical (unpaired) electrons. The lowest BCUT2D eigenvalue weighted by Gasteiger charge is -2.18. The van der Waals surface area contributed by atoms with E-state index in [2.05, 4.69) is 37.5 Å². The third-order valence-corrected chi connectivity index (χ3v) is 4.25. The first-order valence-corrected chi connectivity index (χ1v) is 10.9. The van der Waals surface area contributed by atoms with Crippen LogP contribution in [-0.4, -0.2) is 84.6 Å². The maximum absolute atomic E-state index is 11.6. The maximum Gasteiger partial charge on any atom is 0.407 e. The molecular weight excluding hydrogens is 404 g/mol. The van der Waals surface area contributed by atoms with Gasteiger partial charge in [-0.05, 0) is 12.3 Å². The fourth-order valence-electron chi connectivity index (χ4n) is 2.27. The highest BCUT2D eigenvalue weighted by atomic mass is 16.6. The minimum absolute atomic E-state index is 0.00313. The van der Waals surface area contributed by atoms with Gasteiger partial charge in [0.05, 0.1) is 52.9 Å². The van der Waals surface area contributed by atoms with Crippen LogP contribution >= 0.6 is 0 Å². The van der Waals surface area contributed by atoms with Gasteiger partial charge in [0.2, 0.25) is 5.91 Å². The van der Waals surface area contributed by atoms with Gasteiger partial charge in [0.15, 0.2) is 0 Å². The monoisotopic (exact) mass is 444 g/mol. The van der Waals surface area contributed by atoms with E-state index < -0.39 is 6.09 Å². The number of rotatable bonds is 18. The molecular formula is C22H40N2O7. The largest absolute Gasteiger partial charge is 0.449 e. The number of amides is 2. The molecule has 0 saturated heterocycles. The van der Waals surface area contributed by atoms with Crippen molar-refractivity contribution in [1.82, 2.24) is 10.6 Å². The Morgan fingerprint density at radius 2 is 1.39 bits per heavy atom. The molecule has 1 unspecified atom stereocenters. The van der Waals surface area contributed by atoms with E-state index in [1.54, 1.807) is 0 Å². The molecule has 0 fully saturated rings. The SMILES string of the molecule is CC1=CC1COC(=O)NCCOCCOCCOCCOCCC(=O)NCC(C)(C)C. The summed E-state index contributed by atoms with van der Waals surface area (Å²) in [5.74, 6) is 0.329. The van der Waals surface area contributed by atoms with Crippen LogP contribution in [-0.2, 0) is 28.5 Å². The first kappa shape index (κ1) is 27.4. The van der Waals surface area contributed by atoms with Crippen LogP contribution in [0.3, 0.4) is 0 Å². The number of hydrogen-bond acceptors (Lipinski definition) is 7. The van der Waals surface area contributed by atoms with Gasteiger partial charge >= 0.3 is 6.09 Å². The summed E-state index contributed by atoms with van der Waals surface area (Å²) in [6, 6.07) is 0. The molecule has 2 N–H and O–H groups in total. The summed E-state index contributed by atoms with van der Waals surface area (Å²) in [5, 5.41) is 5.52. The minimum atomic E-state index is -0.419. The van der Waals surface area contributed by atoms with E-state index in [0.29, 0.717) is 84.9 Å². The van der Waals surface area contributed by atoms with E-state index in [-0.39, 0.29) is 11.3 Å². The third-order valence-electron chi connectivity index (χ3n) is 4.25. The molecule has 1 rings (SSSR count). The second-order valence-corrected chi connectivity index (χ2v) is 8.58. The molecule has 0 heterocycles. The Labute approximate surface area is 186 Å². The minimum Gasteiger partial charge on any atom is -0.449 e. The van der Waals surface area contributed by atoms with Crippen LogP contribution in [0.15, 0.2) is 11.6 Å². The highest BCUT2D eigenvalue weighted by Gasteiger charge is 2.21. The maximum atomic E-state index is 11.6. The highest BCUT2D eigenvalue weighted by Crippen LogP contribution is 2.27. The smallest absolute Gasteiger partial charge is 0.407 e. The molecule has 1 aliphatic rings. The molecule has 0 saturated carbocycles. The lowest BCUT2D eigenvalue weighted by atomic mass is 9.97. The predicted molar refractivity (Wildman–Crippen MR) is 117 cm³/mol. The van der Waals surface area contributed by atoms with Crippen LogP contribution in [0.2, 0.25) is 0 Å². The van der Waals surface area contributed by atoms with E-state index in [0.717, 1.165) is 0 Å². The molecule has 0 aromatic carbocycles. The zero-order valence-corrected chi connectivity index (χ0v) is 19.5. The Kier molecular flexibility index (Phi) is 14.1. The summed E-state index contributed by atoms with van der Waals surface area (Å²) in [5.41, 5.74) is 1.35. The van der Waals surface area contributed by atoms with Crippen molar-refractivity contribution >= 4 is 12.0 Å². The third kappa shape index (κ3) is 17.7. The van der Waals surface area contributed by atoms with Crippen molar-refractivity contribution in [2.75, 3.05) is 72.6 Å². The number of carbonyl (C=O) groups excluding carboxylic acids is 2. The van der Waals surface area contributed by atoms with E-state index in [1.165, 1.54) is 5.57 Å². The first-order valence-electron chi connectivity index (χ1n) is 10.9. The summed E-state index contributed by atoms with van der Waals surface area (Å²) in [6.45, 7) is 13.3. The Hall–Kier alpha value is -1.68. The van der Waals surface area contributed by atoms with Gasteiger partial charge in [-0.1, -0.05) is 32.4 Å². The number of alkyl carbamates (subject to hydrolysis) is 1. The molecule has 0 aliphatic heterocycles. The highest BCUT2D eigenvalue weighted by molar-refractivity contribution is 5.75. The van der Waals surface area contributed by atoms with Crippen LogP contribution in [0.4, 0.5) is 4.79 Å². The van der Waals surface area contributed by atoms with Crippen molar-refractivity contribution in [1.29, 1.82) is 0 Å². The van der Waals surface area contributed by atoms with E-state index in [1.807, 2.05) is 6.92 Å². The normalized spacial score (nSPS) is 15.4. The summed E-state index contributed by atoms with van der Waals surface area (Å²) in [7, 11) is 0. The molecule has 31 heavy (non-hydrogen) atoms. The fourth-order valence-corrected chi connectivity index (χ4v) is 2.27. The summed E-state index contributed by atoms with van der Waals surface area (Å²) in [4.78, 5) is 23.0. The zero-order valence-electron chi connectivity index (χ0n) is 19.5. The van der Waals surface area contributed by atoms with Crippen LogP contribution in [0, 0.1) is 11.3 Å². The second-order valence-electron chi connectivity index (χ2n) is 8.58. The molecule has 0 aromatic heterocycles. The summed E-state index contributed by atoms with van der Waals surface area (Å²) in [6.07, 6.45) is 2.00. The van der Waals surface area contributed by atoms with Gasteiger partial charge in [0.25, 0.3) is 0 Å². The zero-order chi connectivity index (χ0) is 23.0. The van der Waals surface area contributed by atoms with Gasteiger partial charge < -0.3 is 34.3 Å². The van der Waals surface area contributed by atoms with Crippen molar-refractivity contribution in [3.05, 3.63) is 11.6 Å².